The average molecular weight is 440 g/mol. The molecule has 0 bridgehead atoms. The molecule has 168 valence electrons. The van der Waals surface area contributed by atoms with Crippen LogP contribution in [0.5, 0.6) is 23.0 Å². The highest BCUT2D eigenvalue weighted by Crippen LogP contribution is 2.60. The Labute approximate surface area is 184 Å². The lowest BCUT2D eigenvalue weighted by Crippen LogP contribution is -2.13. The summed E-state index contributed by atoms with van der Waals surface area (Å²) in [6, 6.07) is 9.97. The average Bonchev–Trinajstić information content (AvgIpc) is 3.58. The molecular weight excluding hydrogens is 416 g/mol. The van der Waals surface area contributed by atoms with E-state index in [-0.39, 0.29) is 59.3 Å². The summed E-state index contributed by atoms with van der Waals surface area (Å²) in [5.74, 6) is 1.32. The highest BCUT2D eigenvalue weighted by Gasteiger charge is 2.64. The number of carbonyl (C=O) groups excluding carboxylic acids is 2. The molecule has 2 aliphatic heterocycles. The Morgan fingerprint density at radius 1 is 0.781 bits per heavy atom. The smallest absolute Gasteiger partial charge is 0.313 e. The number of esters is 2. The molecule has 0 aromatic heterocycles. The van der Waals surface area contributed by atoms with Crippen molar-refractivity contribution in [3.8, 4) is 23.0 Å². The molecule has 32 heavy (non-hydrogen) atoms. The van der Waals surface area contributed by atoms with Gasteiger partial charge in [-0.25, -0.2) is 0 Å². The largest absolute Gasteiger partial charge is 0.508 e. The molecular formula is C24H24O8. The van der Waals surface area contributed by atoms with Crippen molar-refractivity contribution in [3.63, 3.8) is 0 Å². The summed E-state index contributed by atoms with van der Waals surface area (Å²) < 4.78 is 21.1. The van der Waals surface area contributed by atoms with Gasteiger partial charge in [-0.15, -0.1) is 0 Å². The number of benzene rings is 2. The van der Waals surface area contributed by atoms with Gasteiger partial charge in [0.1, 0.15) is 47.0 Å². The Morgan fingerprint density at radius 2 is 1.19 bits per heavy atom. The van der Waals surface area contributed by atoms with E-state index < -0.39 is 0 Å². The van der Waals surface area contributed by atoms with E-state index in [1.165, 1.54) is 0 Å². The summed E-state index contributed by atoms with van der Waals surface area (Å²) in [6.45, 7) is 4.36. The molecule has 2 saturated carbocycles. The first-order valence-electron chi connectivity index (χ1n) is 10.8. The molecule has 6 atom stereocenters. The van der Waals surface area contributed by atoms with E-state index in [1.54, 1.807) is 50.2 Å². The number of rotatable bonds is 4. The fourth-order valence-electron chi connectivity index (χ4n) is 4.74. The lowest BCUT2D eigenvalue weighted by molar-refractivity contribution is -0.146. The number of fused-ring (bicyclic) bond motifs is 6. The van der Waals surface area contributed by atoms with Crippen LogP contribution in [0.4, 0.5) is 0 Å². The molecule has 2 aliphatic carbocycles. The van der Waals surface area contributed by atoms with Gasteiger partial charge in [0.25, 0.3) is 0 Å². The van der Waals surface area contributed by atoms with Crippen molar-refractivity contribution in [3.05, 3.63) is 47.5 Å². The fourth-order valence-corrected chi connectivity index (χ4v) is 4.74. The standard InChI is InChI=1S/2C12H12O4/c2*1-2-15-12(14)10-9-7-5-6(13)3-4-8(7)16-11(9)10/h2*3-5,9-11,13H,2H2,1H3/t9?,10-,11-;/m0./s1. The van der Waals surface area contributed by atoms with Crippen LogP contribution in [-0.2, 0) is 19.1 Å². The zero-order valence-electron chi connectivity index (χ0n) is 17.7. The Kier molecular flexibility index (Phi) is 4.87. The van der Waals surface area contributed by atoms with E-state index in [0.29, 0.717) is 13.2 Å². The van der Waals surface area contributed by atoms with Crippen molar-refractivity contribution in [2.24, 2.45) is 11.8 Å². The third-order valence-electron chi connectivity index (χ3n) is 6.26. The van der Waals surface area contributed by atoms with Crippen molar-refractivity contribution in [1.29, 1.82) is 0 Å². The molecule has 8 nitrogen and oxygen atoms in total. The van der Waals surface area contributed by atoms with Crippen LogP contribution < -0.4 is 9.47 Å². The van der Waals surface area contributed by atoms with Crippen LogP contribution in [0, 0.1) is 11.8 Å². The predicted molar refractivity (Wildman–Crippen MR) is 111 cm³/mol. The van der Waals surface area contributed by atoms with Crippen molar-refractivity contribution in [2.75, 3.05) is 13.2 Å². The van der Waals surface area contributed by atoms with Gasteiger partial charge in [-0.05, 0) is 50.2 Å². The number of aromatic hydroxyl groups is 2. The second-order valence-corrected chi connectivity index (χ2v) is 8.22. The lowest BCUT2D eigenvalue weighted by Gasteiger charge is -2.07. The van der Waals surface area contributed by atoms with Crippen LogP contribution in [-0.4, -0.2) is 47.6 Å². The molecule has 2 aromatic carbocycles. The first-order valence-corrected chi connectivity index (χ1v) is 10.8. The summed E-state index contributed by atoms with van der Waals surface area (Å²) in [4.78, 5) is 23.1. The minimum Gasteiger partial charge on any atom is -0.508 e. The second-order valence-electron chi connectivity index (χ2n) is 8.22. The third-order valence-corrected chi connectivity index (χ3v) is 6.26. The van der Waals surface area contributed by atoms with Gasteiger partial charge in [-0.2, -0.15) is 0 Å². The Bertz CT molecular complexity index is 994. The number of ether oxygens (including phenoxy) is 4. The molecule has 4 unspecified atom stereocenters. The number of phenols is 2. The van der Waals surface area contributed by atoms with Gasteiger partial charge in [0, 0.05) is 23.0 Å². The Morgan fingerprint density at radius 3 is 1.56 bits per heavy atom. The van der Waals surface area contributed by atoms with Gasteiger partial charge in [-0.3, -0.25) is 9.59 Å². The van der Waals surface area contributed by atoms with Crippen LogP contribution >= 0.6 is 0 Å². The van der Waals surface area contributed by atoms with E-state index in [1.807, 2.05) is 0 Å². The Balaban J connectivity index is 0.000000135. The van der Waals surface area contributed by atoms with Crippen molar-refractivity contribution in [1.82, 2.24) is 0 Å². The highest BCUT2D eigenvalue weighted by atomic mass is 16.6. The first-order chi connectivity index (χ1) is 15.4. The van der Waals surface area contributed by atoms with Gasteiger partial charge in [0.05, 0.1) is 13.2 Å². The SMILES string of the molecule is CCOC(=O)C1C2Oc3ccc(O)cc3C21.CCOC(=O)[C@H]1C2c3cc(O)ccc3O[C@@H]21. The monoisotopic (exact) mass is 440 g/mol. The van der Waals surface area contributed by atoms with Gasteiger partial charge >= 0.3 is 11.9 Å². The molecule has 2 fully saturated rings. The van der Waals surface area contributed by atoms with E-state index in [4.69, 9.17) is 18.9 Å². The quantitative estimate of drug-likeness (QED) is 0.698. The molecule has 6 rings (SSSR count). The predicted octanol–water partition coefficient (Wildman–Crippen LogP) is 2.86. The van der Waals surface area contributed by atoms with E-state index in [9.17, 15) is 19.8 Å². The van der Waals surface area contributed by atoms with Gasteiger partial charge in [0.15, 0.2) is 0 Å². The minimum atomic E-state index is -0.202. The number of hydrogen-bond acceptors (Lipinski definition) is 8. The molecule has 0 saturated heterocycles. The summed E-state index contributed by atoms with van der Waals surface area (Å²) >= 11 is 0. The summed E-state index contributed by atoms with van der Waals surface area (Å²) in [5, 5.41) is 18.8. The van der Waals surface area contributed by atoms with Crippen LogP contribution in [0.1, 0.15) is 36.8 Å². The van der Waals surface area contributed by atoms with Crippen LogP contribution in [0.3, 0.4) is 0 Å². The van der Waals surface area contributed by atoms with E-state index in [2.05, 4.69) is 0 Å². The van der Waals surface area contributed by atoms with Crippen LogP contribution in [0.25, 0.3) is 0 Å². The molecule has 0 radical (unpaired) electrons. The molecule has 2 N–H and O–H groups in total. The fraction of sp³-hybridized carbons (Fsp3) is 0.417. The maximum Gasteiger partial charge on any atom is 0.313 e. The first kappa shape index (κ1) is 20.5. The third kappa shape index (κ3) is 3.30. The van der Waals surface area contributed by atoms with E-state index in [0.717, 1.165) is 22.6 Å². The molecule has 0 spiro atoms. The highest BCUT2D eigenvalue weighted by molar-refractivity contribution is 5.81. The molecule has 2 heterocycles. The summed E-state index contributed by atoms with van der Waals surface area (Å²) in [5.41, 5.74) is 1.84. The molecule has 2 aromatic rings. The summed E-state index contributed by atoms with van der Waals surface area (Å²) in [7, 11) is 0. The van der Waals surface area contributed by atoms with Crippen LogP contribution in [0.15, 0.2) is 36.4 Å². The molecule has 8 heteroatoms. The zero-order valence-corrected chi connectivity index (χ0v) is 17.7. The van der Waals surface area contributed by atoms with Crippen molar-refractivity contribution >= 4 is 11.9 Å². The van der Waals surface area contributed by atoms with Gasteiger partial charge in [0.2, 0.25) is 0 Å². The second kappa shape index (κ2) is 7.62. The number of carbonyl (C=O) groups is 2. The van der Waals surface area contributed by atoms with Crippen molar-refractivity contribution < 1.29 is 38.7 Å². The van der Waals surface area contributed by atoms with E-state index >= 15 is 0 Å². The Hall–Kier alpha value is -3.42. The molecule has 4 aliphatic rings. The minimum absolute atomic E-state index is 0.0705. The zero-order chi connectivity index (χ0) is 22.6. The van der Waals surface area contributed by atoms with Crippen LogP contribution in [0.2, 0.25) is 0 Å². The van der Waals surface area contributed by atoms with Gasteiger partial charge in [-0.1, -0.05) is 0 Å². The van der Waals surface area contributed by atoms with Gasteiger partial charge < -0.3 is 29.2 Å². The molecule has 0 amide bonds. The maximum atomic E-state index is 11.5. The van der Waals surface area contributed by atoms with Crippen molar-refractivity contribution in [2.45, 2.75) is 37.9 Å². The topological polar surface area (TPSA) is 112 Å². The number of hydrogen-bond donors (Lipinski definition) is 2. The number of phenolic OH excluding ortho intramolecular Hbond substituents is 2. The summed E-state index contributed by atoms with van der Waals surface area (Å²) in [6.07, 6.45) is -0.174. The lowest BCUT2D eigenvalue weighted by atomic mass is 10.1. The normalized spacial score (nSPS) is 28.9. The maximum absolute atomic E-state index is 11.5.